The summed E-state index contributed by atoms with van der Waals surface area (Å²) in [7, 11) is 0. The van der Waals surface area contributed by atoms with E-state index in [0.717, 1.165) is 72.3 Å². The molecule has 0 spiro atoms. The van der Waals surface area contributed by atoms with Crippen molar-refractivity contribution in [2.24, 2.45) is 0 Å². The zero-order valence-electron chi connectivity index (χ0n) is 37.3. The van der Waals surface area contributed by atoms with Crippen LogP contribution in [-0.2, 0) is 0 Å². The quantitative estimate of drug-likeness (QED) is 0.160. The maximum Gasteiger partial charge on any atom is 0.166 e. The van der Waals surface area contributed by atoms with E-state index in [2.05, 4.69) is 220 Å². The van der Waals surface area contributed by atoms with Crippen molar-refractivity contribution in [2.45, 2.75) is 0 Å². The van der Waals surface area contributed by atoms with Crippen LogP contribution in [0.15, 0.2) is 243 Å². The normalized spacial score (nSPS) is 11.8. The number of benzene rings is 10. The van der Waals surface area contributed by atoms with E-state index in [1.807, 2.05) is 36.4 Å². The minimum Gasteiger partial charge on any atom is -0.309 e. The van der Waals surface area contributed by atoms with Gasteiger partial charge in [0.25, 0.3) is 0 Å². The molecule has 14 rings (SSSR count). The molecule has 0 aliphatic carbocycles. The van der Waals surface area contributed by atoms with Crippen molar-refractivity contribution >= 4 is 65.4 Å². The smallest absolute Gasteiger partial charge is 0.166 e. The summed E-state index contributed by atoms with van der Waals surface area (Å²) in [5.74, 6) is 1.81. The van der Waals surface area contributed by atoms with Gasteiger partial charge in [0, 0.05) is 54.7 Å². The van der Waals surface area contributed by atoms with Crippen LogP contribution in [0.4, 0.5) is 0 Å². The topological polar surface area (TPSA) is 53.5 Å². The van der Waals surface area contributed by atoms with Gasteiger partial charge in [-0.25, -0.2) is 15.0 Å². The molecule has 14 aromatic rings. The summed E-state index contributed by atoms with van der Waals surface area (Å²) in [6.07, 6.45) is 0. The number of hydrogen-bond donors (Lipinski definition) is 0. The van der Waals surface area contributed by atoms with Crippen LogP contribution in [0.3, 0.4) is 0 Å². The fourth-order valence-electron chi connectivity index (χ4n) is 10.7. The summed E-state index contributed by atoms with van der Waals surface area (Å²) >= 11 is 0. The maximum atomic E-state index is 5.37. The van der Waals surface area contributed by atoms with Crippen LogP contribution < -0.4 is 0 Å². The third-order valence-electron chi connectivity index (χ3n) is 13.7. The van der Waals surface area contributed by atoms with Crippen molar-refractivity contribution in [3.63, 3.8) is 0 Å². The Balaban J connectivity index is 1.09. The van der Waals surface area contributed by atoms with E-state index >= 15 is 0 Å². The van der Waals surface area contributed by atoms with Crippen LogP contribution in [0.5, 0.6) is 0 Å². The molecule has 4 aromatic heterocycles. The van der Waals surface area contributed by atoms with Gasteiger partial charge in [-0.3, -0.25) is 0 Å². The first kappa shape index (κ1) is 38.8. The molecule has 322 valence electrons. The van der Waals surface area contributed by atoms with Gasteiger partial charge in [0.2, 0.25) is 0 Å². The molecule has 10 aromatic carbocycles. The highest BCUT2D eigenvalue weighted by molar-refractivity contribution is 6.18. The highest BCUT2D eigenvalue weighted by Crippen LogP contribution is 2.45. The lowest BCUT2D eigenvalue weighted by atomic mass is 9.98. The molecule has 0 aliphatic rings. The molecule has 4 heterocycles. The minimum atomic E-state index is 0.586. The second kappa shape index (κ2) is 15.6. The van der Waals surface area contributed by atoms with Crippen molar-refractivity contribution < 1.29 is 0 Å². The van der Waals surface area contributed by atoms with Gasteiger partial charge in [0.1, 0.15) is 0 Å². The van der Waals surface area contributed by atoms with E-state index in [-0.39, 0.29) is 0 Å². The first-order valence-corrected chi connectivity index (χ1v) is 23.4. The average molecular weight is 881 g/mol. The monoisotopic (exact) mass is 880 g/mol. The Morgan fingerprint density at radius 1 is 0.261 bits per heavy atom. The number of nitrogens with zero attached hydrogens (tertiary/aromatic N) is 6. The maximum absolute atomic E-state index is 5.37. The summed E-state index contributed by atoms with van der Waals surface area (Å²) in [6.45, 7) is 0. The van der Waals surface area contributed by atoms with Gasteiger partial charge in [0.05, 0.1) is 44.5 Å². The molecule has 0 amide bonds. The predicted molar refractivity (Wildman–Crippen MR) is 285 cm³/mol. The summed E-state index contributed by atoms with van der Waals surface area (Å²) in [6, 6.07) is 86.4. The molecule has 0 N–H and O–H groups in total. The highest BCUT2D eigenvalue weighted by atomic mass is 15.1. The Kier molecular flexibility index (Phi) is 8.79. The minimum absolute atomic E-state index is 0.586. The molecule has 0 fully saturated rings. The lowest BCUT2D eigenvalue weighted by Crippen LogP contribution is -2.08. The van der Waals surface area contributed by atoms with Crippen LogP contribution in [0.25, 0.3) is 128 Å². The lowest BCUT2D eigenvalue weighted by molar-refractivity contribution is 1.05. The van der Waals surface area contributed by atoms with Crippen molar-refractivity contribution in [2.75, 3.05) is 0 Å². The van der Waals surface area contributed by atoms with Crippen LogP contribution in [0, 0.1) is 0 Å². The standard InChI is InChI=1S/C63H40N6/c1-4-20-41(21-5-1)61-64-62(42-22-6-2-7-23-42)66-63(65-61)50-31-19-37-58(68-53-33-15-10-26-46(53)47-27-11-16-34-54(47)68)60(50)69-55-35-17-13-29-49(55)59-45(30-18-36-57(59)69)43-38-39-56-51(40-43)48-28-12-14-32-52(48)67(56)44-24-8-3-9-25-44/h1-40H. The van der Waals surface area contributed by atoms with Gasteiger partial charge in [-0.2, -0.15) is 0 Å². The fraction of sp³-hybridized carbons (Fsp3) is 0. The first-order valence-electron chi connectivity index (χ1n) is 23.4. The number of hydrogen-bond acceptors (Lipinski definition) is 3. The molecule has 0 unspecified atom stereocenters. The van der Waals surface area contributed by atoms with Crippen LogP contribution in [-0.4, -0.2) is 28.7 Å². The van der Waals surface area contributed by atoms with Gasteiger partial charge in [-0.1, -0.05) is 176 Å². The van der Waals surface area contributed by atoms with Crippen molar-refractivity contribution in [1.82, 2.24) is 28.7 Å². The molecule has 0 atom stereocenters. The average Bonchev–Trinajstić information content (AvgIpc) is 4.07. The van der Waals surface area contributed by atoms with Crippen molar-refractivity contribution in [3.05, 3.63) is 243 Å². The molecule has 0 saturated heterocycles. The Morgan fingerprint density at radius 3 is 1.33 bits per heavy atom. The molecule has 0 radical (unpaired) electrons. The van der Waals surface area contributed by atoms with E-state index in [9.17, 15) is 0 Å². The van der Waals surface area contributed by atoms with E-state index in [1.165, 1.54) is 38.0 Å². The van der Waals surface area contributed by atoms with E-state index < -0.39 is 0 Å². The summed E-state index contributed by atoms with van der Waals surface area (Å²) in [5, 5.41) is 7.15. The Labute approximate surface area is 397 Å². The molecule has 0 saturated carbocycles. The Bertz CT molecular complexity index is 4190. The zero-order valence-corrected chi connectivity index (χ0v) is 37.3. The van der Waals surface area contributed by atoms with Crippen molar-refractivity contribution in [3.8, 4) is 62.4 Å². The number of fused-ring (bicyclic) bond motifs is 9. The Hall–Kier alpha value is -9.39. The van der Waals surface area contributed by atoms with E-state index in [4.69, 9.17) is 15.0 Å². The predicted octanol–water partition coefficient (Wildman–Crippen LogP) is 15.8. The molecule has 6 heteroatoms. The number of aromatic nitrogens is 6. The second-order valence-electron chi connectivity index (χ2n) is 17.6. The third kappa shape index (κ3) is 6.09. The summed E-state index contributed by atoms with van der Waals surface area (Å²) in [5.41, 5.74) is 14.9. The summed E-state index contributed by atoms with van der Waals surface area (Å²) < 4.78 is 7.25. The first-order chi connectivity index (χ1) is 34.3. The van der Waals surface area contributed by atoms with E-state index in [0.29, 0.717) is 17.5 Å². The molecule has 69 heavy (non-hydrogen) atoms. The highest BCUT2D eigenvalue weighted by Gasteiger charge is 2.26. The number of para-hydroxylation sites is 6. The second-order valence-corrected chi connectivity index (χ2v) is 17.6. The van der Waals surface area contributed by atoms with Gasteiger partial charge in [0.15, 0.2) is 17.5 Å². The molecular formula is C63H40N6. The van der Waals surface area contributed by atoms with Gasteiger partial charge in [-0.05, 0) is 77.9 Å². The largest absolute Gasteiger partial charge is 0.309 e. The van der Waals surface area contributed by atoms with Gasteiger partial charge < -0.3 is 13.7 Å². The molecular weight excluding hydrogens is 841 g/mol. The SMILES string of the molecule is c1ccc(-c2nc(-c3ccccc3)nc(-c3cccc(-n4c5ccccc5c5ccccc54)c3-n3c4ccccc4c4c(-c5ccc6c(c5)c5ccccc5n6-c5ccccc5)cccc43)n2)cc1. The van der Waals surface area contributed by atoms with Crippen LogP contribution >= 0.6 is 0 Å². The summed E-state index contributed by atoms with van der Waals surface area (Å²) in [4.78, 5) is 15.9. The van der Waals surface area contributed by atoms with Crippen molar-refractivity contribution in [1.29, 1.82) is 0 Å². The van der Waals surface area contributed by atoms with Crippen LogP contribution in [0.1, 0.15) is 0 Å². The molecule has 0 bridgehead atoms. The molecule has 6 nitrogen and oxygen atoms in total. The fourth-order valence-corrected chi connectivity index (χ4v) is 10.7. The van der Waals surface area contributed by atoms with Crippen LogP contribution in [0.2, 0.25) is 0 Å². The van der Waals surface area contributed by atoms with Gasteiger partial charge in [-0.15, -0.1) is 0 Å². The van der Waals surface area contributed by atoms with Gasteiger partial charge >= 0.3 is 0 Å². The molecule has 0 aliphatic heterocycles. The number of rotatable bonds is 7. The Morgan fingerprint density at radius 2 is 0.710 bits per heavy atom. The van der Waals surface area contributed by atoms with E-state index in [1.54, 1.807) is 0 Å². The lowest BCUT2D eigenvalue weighted by Gasteiger charge is -2.20. The zero-order chi connectivity index (χ0) is 45.4. The third-order valence-corrected chi connectivity index (χ3v) is 13.7.